The first kappa shape index (κ1) is 22.4. The van der Waals surface area contributed by atoms with Crippen molar-refractivity contribution >= 4 is 34.3 Å². The molecule has 12 heteroatoms. The third-order valence-electron chi connectivity index (χ3n) is 3.89. The van der Waals surface area contributed by atoms with Crippen molar-refractivity contribution in [2.24, 2.45) is 5.41 Å². The van der Waals surface area contributed by atoms with Gasteiger partial charge in [-0.15, -0.1) is 0 Å². The standard InChI is InChI=1S/C19H19F3N6O2S/c1-18(2,3)10-28(17(29)30)13-8-11(19(20,21)22)9-24-15(13)26-16-25-14(27-31-16)12-6-4-5-7-23-12/h4-9H,10H2,1-3H3,(H,29,30)(H,24,25,26,27). The summed E-state index contributed by atoms with van der Waals surface area (Å²) in [6, 6.07) is 5.98. The lowest BCUT2D eigenvalue weighted by Crippen LogP contribution is -2.37. The van der Waals surface area contributed by atoms with Crippen molar-refractivity contribution in [3.63, 3.8) is 0 Å². The smallest absolute Gasteiger partial charge is 0.417 e. The minimum Gasteiger partial charge on any atom is -0.465 e. The van der Waals surface area contributed by atoms with Crippen LogP contribution in [0.25, 0.3) is 11.5 Å². The van der Waals surface area contributed by atoms with Crippen LogP contribution in [0.5, 0.6) is 0 Å². The Hall–Kier alpha value is -3.28. The predicted molar refractivity (Wildman–Crippen MR) is 110 cm³/mol. The summed E-state index contributed by atoms with van der Waals surface area (Å²) in [7, 11) is 0. The molecule has 0 fully saturated rings. The van der Waals surface area contributed by atoms with E-state index in [2.05, 4.69) is 24.6 Å². The van der Waals surface area contributed by atoms with Crippen molar-refractivity contribution in [3.8, 4) is 11.5 Å². The van der Waals surface area contributed by atoms with Crippen LogP contribution in [0.2, 0.25) is 0 Å². The zero-order valence-corrected chi connectivity index (χ0v) is 17.6. The summed E-state index contributed by atoms with van der Waals surface area (Å²) in [5.74, 6) is 0.245. The molecule has 3 rings (SSSR count). The van der Waals surface area contributed by atoms with Crippen LogP contribution >= 0.6 is 11.5 Å². The van der Waals surface area contributed by atoms with E-state index in [-0.39, 0.29) is 23.2 Å². The van der Waals surface area contributed by atoms with E-state index in [0.717, 1.165) is 22.5 Å². The number of nitrogens with zero attached hydrogens (tertiary/aromatic N) is 5. The Morgan fingerprint density at radius 3 is 2.55 bits per heavy atom. The molecular formula is C19H19F3N6O2S. The van der Waals surface area contributed by atoms with Crippen molar-refractivity contribution < 1.29 is 23.1 Å². The van der Waals surface area contributed by atoms with E-state index >= 15 is 0 Å². The van der Waals surface area contributed by atoms with E-state index in [1.165, 1.54) is 0 Å². The maximum atomic E-state index is 13.3. The fourth-order valence-corrected chi connectivity index (χ4v) is 3.19. The van der Waals surface area contributed by atoms with Gasteiger partial charge < -0.3 is 10.4 Å². The van der Waals surface area contributed by atoms with Crippen LogP contribution < -0.4 is 10.2 Å². The number of amides is 1. The molecule has 3 aromatic heterocycles. The number of pyridine rings is 2. The van der Waals surface area contributed by atoms with E-state index in [9.17, 15) is 23.1 Å². The summed E-state index contributed by atoms with van der Waals surface area (Å²) in [5, 5.41) is 12.7. The maximum absolute atomic E-state index is 13.3. The van der Waals surface area contributed by atoms with E-state index in [4.69, 9.17) is 0 Å². The van der Waals surface area contributed by atoms with E-state index in [1.807, 2.05) is 0 Å². The summed E-state index contributed by atoms with van der Waals surface area (Å²) in [6.07, 6.45) is -3.86. The van der Waals surface area contributed by atoms with Crippen LogP contribution in [0.4, 0.5) is 34.6 Å². The molecule has 0 aliphatic heterocycles. The lowest BCUT2D eigenvalue weighted by Gasteiger charge is -2.29. The second kappa shape index (κ2) is 8.46. The summed E-state index contributed by atoms with van der Waals surface area (Å²) in [6.45, 7) is 5.29. The van der Waals surface area contributed by atoms with Gasteiger partial charge in [-0.05, 0) is 23.6 Å². The Bertz CT molecular complexity index is 1070. The highest BCUT2D eigenvalue weighted by Crippen LogP contribution is 2.36. The third-order valence-corrected chi connectivity index (χ3v) is 4.52. The number of carbonyl (C=O) groups is 1. The normalized spacial score (nSPS) is 11.9. The van der Waals surface area contributed by atoms with Gasteiger partial charge in [0.2, 0.25) is 5.13 Å². The number of carboxylic acid groups (broad SMARTS) is 1. The van der Waals surface area contributed by atoms with Crippen molar-refractivity contribution in [1.29, 1.82) is 0 Å². The monoisotopic (exact) mass is 452 g/mol. The number of hydrogen-bond acceptors (Lipinski definition) is 7. The molecule has 0 aliphatic rings. The molecule has 3 aromatic rings. The SMILES string of the molecule is CC(C)(C)CN(C(=O)O)c1cc(C(F)(F)F)cnc1Nc1nc(-c2ccccn2)ns1. The van der Waals surface area contributed by atoms with Crippen molar-refractivity contribution in [3.05, 3.63) is 42.2 Å². The Morgan fingerprint density at radius 1 is 1.23 bits per heavy atom. The lowest BCUT2D eigenvalue weighted by molar-refractivity contribution is -0.137. The van der Waals surface area contributed by atoms with Crippen LogP contribution in [0.1, 0.15) is 26.3 Å². The number of rotatable bonds is 5. The number of alkyl halides is 3. The topological polar surface area (TPSA) is 104 Å². The Labute approximate surface area is 180 Å². The summed E-state index contributed by atoms with van der Waals surface area (Å²) in [5.41, 5.74) is -1.28. The molecular weight excluding hydrogens is 433 g/mol. The molecule has 3 heterocycles. The second-order valence-corrected chi connectivity index (χ2v) is 8.53. The molecule has 0 radical (unpaired) electrons. The molecule has 2 N–H and O–H groups in total. The largest absolute Gasteiger partial charge is 0.465 e. The average molecular weight is 452 g/mol. The van der Waals surface area contributed by atoms with Crippen molar-refractivity contribution in [2.75, 3.05) is 16.8 Å². The van der Waals surface area contributed by atoms with Crippen LogP contribution in [-0.4, -0.2) is 37.1 Å². The zero-order chi connectivity index (χ0) is 22.8. The highest BCUT2D eigenvalue weighted by Gasteiger charge is 2.34. The van der Waals surface area contributed by atoms with Gasteiger partial charge in [-0.1, -0.05) is 26.8 Å². The second-order valence-electron chi connectivity index (χ2n) is 7.78. The molecule has 0 aliphatic carbocycles. The van der Waals surface area contributed by atoms with Crippen LogP contribution in [0.3, 0.4) is 0 Å². The van der Waals surface area contributed by atoms with Crippen molar-refractivity contribution in [1.82, 2.24) is 19.3 Å². The predicted octanol–water partition coefficient (Wildman–Crippen LogP) is 5.29. The highest BCUT2D eigenvalue weighted by molar-refractivity contribution is 7.09. The quantitative estimate of drug-likeness (QED) is 0.542. The fraction of sp³-hybridized carbons (Fsp3) is 0.316. The van der Waals surface area contributed by atoms with Gasteiger partial charge in [0.15, 0.2) is 11.6 Å². The van der Waals surface area contributed by atoms with Gasteiger partial charge >= 0.3 is 12.3 Å². The Balaban J connectivity index is 2.01. The number of nitrogens with one attached hydrogen (secondary N) is 1. The molecule has 1 amide bonds. The fourth-order valence-electron chi connectivity index (χ4n) is 2.62. The van der Waals surface area contributed by atoms with E-state index in [1.54, 1.807) is 45.2 Å². The first-order valence-electron chi connectivity index (χ1n) is 9.04. The molecule has 0 saturated heterocycles. The summed E-state index contributed by atoms with van der Waals surface area (Å²) < 4.78 is 44.0. The molecule has 31 heavy (non-hydrogen) atoms. The minimum atomic E-state index is -4.68. The Morgan fingerprint density at radius 2 is 1.97 bits per heavy atom. The van der Waals surface area contributed by atoms with Crippen molar-refractivity contribution in [2.45, 2.75) is 26.9 Å². The molecule has 0 atom stereocenters. The van der Waals surface area contributed by atoms with E-state index < -0.39 is 23.2 Å². The Kier molecular flexibility index (Phi) is 6.11. The first-order chi connectivity index (χ1) is 14.4. The van der Waals surface area contributed by atoms with Crippen LogP contribution in [-0.2, 0) is 6.18 Å². The highest BCUT2D eigenvalue weighted by atomic mass is 32.1. The minimum absolute atomic E-state index is 0.0463. The van der Waals surface area contributed by atoms with Gasteiger partial charge in [-0.25, -0.2) is 9.78 Å². The van der Waals surface area contributed by atoms with Gasteiger partial charge in [-0.2, -0.15) is 22.5 Å². The van der Waals surface area contributed by atoms with Crippen LogP contribution in [0, 0.1) is 5.41 Å². The molecule has 164 valence electrons. The number of aromatic nitrogens is 4. The maximum Gasteiger partial charge on any atom is 0.417 e. The van der Waals surface area contributed by atoms with Crippen LogP contribution in [0.15, 0.2) is 36.7 Å². The molecule has 0 bridgehead atoms. The van der Waals surface area contributed by atoms with Gasteiger partial charge in [0.1, 0.15) is 5.69 Å². The molecule has 0 spiro atoms. The lowest BCUT2D eigenvalue weighted by atomic mass is 9.96. The van der Waals surface area contributed by atoms with Gasteiger partial charge in [0.25, 0.3) is 0 Å². The number of anilines is 3. The molecule has 0 aromatic carbocycles. The summed E-state index contributed by atoms with van der Waals surface area (Å²) >= 11 is 0.951. The van der Waals surface area contributed by atoms with Gasteiger partial charge in [-0.3, -0.25) is 9.88 Å². The molecule has 8 nitrogen and oxygen atoms in total. The number of halogens is 3. The number of hydrogen-bond donors (Lipinski definition) is 2. The zero-order valence-electron chi connectivity index (χ0n) is 16.8. The average Bonchev–Trinajstić information content (AvgIpc) is 3.14. The van der Waals surface area contributed by atoms with Gasteiger partial charge in [0.05, 0.1) is 11.3 Å². The first-order valence-corrected chi connectivity index (χ1v) is 9.81. The van der Waals surface area contributed by atoms with Gasteiger partial charge in [0, 0.05) is 30.5 Å². The third kappa shape index (κ3) is 5.66. The van der Waals surface area contributed by atoms with E-state index in [0.29, 0.717) is 17.7 Å². The molecule has 0 saturated carbocycles. The summed E-state index contributed by atoms with van der Waals surface area (Å²) in [4.78, 5) is 25.0. The molecule has 0 unspecified atom stereocenters.